The molecule has 1 radical (unpaired) electrons. The minimum absolute atomic E-state index is 0.107. The van der Waals surface area contributed by atoms with Crippen LogP contribution in [0.3, 0.4) is 0 Å². The van der Waals surface area contributed by atoms with Gasteiger partial charge in [-0.05, 0) is 36.2 Å². The number of aromatic nitrogens is 2. The van der Waals surface area contributed by atoms with Crippen LogP contribution in [0.15, 0.2) is 24.4 Å². The topological polar surface area (TPSA) is 94.9 Å². The number of carbonyl (C=O) groups is 1. The van der Waals surface area contributed by atoms with E-state index in [4.69, 9.17) is 11.5 Å². The van der Waals surface area contributed by atoms with E-state index in [1.54, 1.807) is 12.1 Å². The molecule has 5 heteroatoms. The summed E-state index contributed by atoms with van der Waals surface area (Å²) >= 11 is 0. The number of nitrogen functional groups attached to an aromatic ring is 1. The highest BCUT2D eigenvalue weighted by Crippen LogP contribution is 2.21. The van der Waals surface area contributed by atoms with Gasteiger partial charge in [0.25, 0.3) is 5.91 Å². The quantitative estimate of drug-likeness (QED) is 0.797. The molecule has 85 valence electrons. The predicted octanol–water partition coefficient (Wildman–Crippen LogP) is 0.933. The maximum atomic E-state index is 11.0. The van der Waals surface area contributed by atoms with Crippen LogP contribution in [0.2, 0.25) is 0 Å². The van der Waals surface area contributed by atoms with E-state index >= 15 is 0 Å². The van der Waals surface area contributed by atoms with Gasteiger partial charge in [-0.3, -0.25) is 9.78 Å². The standard InChI is InChI=1S/C12H11N4O/c1-7-4-9(6-11(13)16-7)8-2-3-15-10(5-8)12(14)17/h2-4,6H,1H3,(H2,13,16)(H2,14,17). The molecule has 2 aromatic heterocycles. The zero-order chi connectivity index (χ0) is 12.4. The Hall–Kier alpha value is -2.43. The van der Waals surface area contributed by atoms with Gasteiger partial charge in [0, 0.05) is 18.0 Å². The van der Waals surface area contributed by atoms with Crippen LogP contribution in [-0.4, -0.2) is 15.9 Å². The number of nitrogens with zero attached hydrogens (tertiary/aromatic N) is 2. The van der Waals surface area contributed by atoms with Crippen LogP contribution >= 0.6 is 0 Å². The Bertz CT molecular complexity index is 560. The number of hydrogen-bond donors (Lipinski definition) is 2. The number of hydrogen-bond acceptors (Lipinski definition) is 4. The van der Waals surface area contributed by atoms with Crippen LogP contribution in [-0.2, 0) is 0 Å². The van der Waals surface area contributed by atoms with Gasteiger partial charge in [0.05, 0.1) is 0 Å². The van der Waals surface area contributed by atoms with Crippen LogP contribution in [0.5, 0.6) is 0 Å². The minimum atomic E-state index is -0.606. The molecule has 0 aliphatic heterocycles. The van der Waals surface area contributed by atoms with E-state index in [2.05, 4.69) is 16.0 Å². The van der Waals surface area contributed by atoms with Crippen molar-refractivity contribution in [3.63, 3.8) is 0 Å². The molecule has 1 amide bonds. The van der Waals surface area contributed by atoms with Crippen molar-refractivity contribution in [2.24, 2.45) is 5.73 Å². The van der Waals surface area contributed by atoms with Crippen molar-refractivity contribution < 1.29 is 4.79 Å². The number of aryl methyl sites for hydroxylation is 1. The second kappa shape index (κ2) is 4.21. The van der Waals surface area contributed by atoms with Crippen LogP contribution in [0, 0.1) is 13.0 Å². The van der Waals surface area contributed by atoms with Crippen LogP contribution in [0.1, 0.15) is 16.2 Å². The van der Waals surface area contributed by atoms with E-state index in [0.717, 1.165) is 11.3 Å². The second-order valence-corrected chi connectivity index (χ2v) is 3.62. The van der Waals surface area contributed by atoms with Gasteiger partial charge in [0.15, 0.2) is 0 Å². The molecule has 0 saturated heterocycles. The van der Waals surface area contributed by atoms with Crippen LogP contribution in [0.4, 0.5) is 5.82 Å². The van der Waals surface area contributed by atoms with Gasteiger partial charge in [-0.15, -0.1) is 0 Å². The number of rotatable bonds is 2. The fourth-order valence-electron chi connectivity index (χ4n) is 1.53. The van der Waals surface area contributed by atoms with Gasteiger partial charge in [0.2, 0.25) is 0 Å². The molecule has 0 saturated carbocycles. The zero-order valence-electron chi connectivity index (χ0n) is 9.27. The summed E-state index contributed by atoms with van der Waals surface area (Å²) in [7, 11) is 0. The summed E-state index contributed by atoms with van der Waals surface area (Å²) < 4.78 is 0. The van der Waals surface area contributed by atoms with E-state index in [1.165, 1.54) is 6.20 Å². The Morgan fingerprint density at radius 3 is 2.82 bits per heavy atom. The van der Waals surface area contributed by atoms with Gasteiger partial charge in [-0.25, -0.2) is 4.98 Å². The summed E-state index contributed by atoms with van der Waals surface area (Å²) in [6.07, 6.45) is 1.51. The molecule has 0 unspecified atom stereocenters. The second-order valence-electron chi connectivity index (χ2n) is 3.62. The van der Waals surface area contributed by atoms with E-state index in [9.17, 15) is 4.79 Å². The van der Waals surface area contributed by atoms with Gasteiger partial charge in [0.1, 0.15) is 11.5 Å². The molecule has 0 atom stereocenters. The third kappa shape index (κ3) is 2.39. The fraction of sp³-hybridized carbons (Fsp3) is 0.0833. The first kappa shape index (κ1) is 11.1. The summed E-state index contributed by atoms with van der Waals surface area (Å²) in [6, 6.07) is 8.15. The highest BCUT2D eigenvalue weighted by molar-refractivity contribution is 5.91. The van der Waals surface area contributed by atoms with Gasteiger partial charge in [-0.2, -0.15) is 0 Å². The largest absolute Gasteiger partial charge is 0.384 e. The van der Waals surface area contributed by atoms with Gasteiger partial charge < -0.3 is 11.5 Å². The molecule has 4 N–H and O–H groups in total. The number of pyridine rings is 2. The molecule has 2 aromatic rings. The van der Waals surface area contributed by atoms with E-state index < -0.39 is 5.91 Å². The third-order valence-corrected chi connectivity index (χ3v) is 2.22. The molecule has 0 spiro atoms. The first-order chi connectivity index (χ1) is 8.06. The summed E-state index contributed by atoms with van der Waals surface area (Å²) in [4.78, 5) is 18.9. The molecule has 0 fully saturated rings. The Morgan fingerprint density at radius 2 is 2.18 bits per heavy atom. The van der Waals surface area contributed by atoms with Crippen molar-refractivity contribution in [3.05, 3.63) is 41.9 Å². The Morgan fingerprint density at radius 1 is 1.41 bits per heavy atom. The smallest absolute Gasteiger partial charge is 0.267 e. The molecular weight excluding hydrogens is 216 g/mol. The zero-order valence-corrected chi connectivity index (χ0v) is 9.27. The highest BCUT2D eigenvalue weighted by Gasteiger charge is 2.06. The molecule has 17 heavy (non-hydrogen) atoms. The maximum absolute atomic E-state index is 11.0. The van der Waals surface area contributed by atoms with E-state index in [-0.39, 0.29) is 5.69 Å². The predicted molar refractivity (Wildman–Crippen MR) is 64.0 cm³/mol. The molecule has 2 heterocycles. The highest BCUT2D eigenvalue weighted by atomic mass is 16.1. The van der Waals surface area contributed by atoms with Crippen molar-refractivity contribution in [2.75, 3.05) is 5.73 Å². The number of nitrogens with two attached hydrogens (primary N) is 2. The molecule has 5 nitrogen and oxygen atoms in total. The molecule has 2 rings (SSSR count). The van der Waals surface area contributed by atoms with Gasteiger partial charge >= 0.3 is 0 Å². The monoisotopic (exact) mass is 227 g/mol. The minimum Gasteiger partial charge on any atom is -0.384 e. The summed E-state index contributed by atoms with van der Waals surface area (Å²) in [6.45, 7) is 1.84. The molecule has 0 bridgehead atoms. The fourth-order valence-corrected chi connectivity index (χ4v) is 1.53. The first-order valence-electron chi connectivity index (χ1n) is 4.99. The summed E-state index contributed by atoms with van der Waals surface area (Å²) in [5.41, 5.74) is 13.3. The Balaban J connectivity index is 2.52. The van der Waals surface area contributed by atoms with Crippen molar-refractivity contribution in [1.82, 2.24) is 9.97 Å². The SMILES string of the molecule is Cc1cc(-c2[c]c(C(N)=O)ncc2)cc(N)n1. The van der Waals surface area contributed by atoms with Gasteiger partial charge in [-0.1, -0.05) is 0 Å². The molecule has 0 aromatic carbocycles. The number of carbonyl (C=O) groups excluding carboxylic acids is 1. The van der Waals surface area contributed by atoms with E-state index in [0.29, 0.717) is 11.4 Å². The van der Waals surface area contributed by atoms with Crippen molar-refractivity contribution in [3.8, 4) is 11.1 Å². The lowest BCUT2D eigenvalue weighted by atomic mass is 10.1. The lowest BCUT2D eigenvalue weighted by Crippen LogP contribution is -2.13. The van der Waals surface area contributed by atoms with Crippen molar-refractivity contribution in [2.45, 2.75) is 6.92 Å². The molecule has 0 aliphatic carbocycles. The van der Waals surface area contributed by atoms with Crippen molar-refractivity contribution in [1.29, 1.82) is 0 Å². The first-order valence-corrected chi connectivity index (χ1v) is 4.99. The van der Waals surface area contributed by atoms with Crippen LogP contribution in [0.25, 0.3) is 11.1 Å². The lowest BCUT2D eigenvalue weighted by molar-refractivity contribution is 0.0995. The molecular formula is C12H11N4O. The average Bonchev–Trinajstić information content (AvgIpc) is 2.28. The summed E-state index contributed by atoms with van der Waals surface area (Å²) in [5, 5.41) is 0. The van der Waals surface area contributed by atoms with Crippen LogP contribution < -0.4 is 11.5 Å². The average molecular weight is 227 g/mol. The summed E-state index contributed by atoms with van der Waals surface area (Å²) in [5.74, 6) is -0.184. The van der Waals surface area contributed by atoms with E-state index in [1.807, 2.05) is 13.0 Å². The number of anilines is 1. The molecule has 0 aliphatic rings. The Kier molecular flexibility index (Phi) is 2.74. The number of primary amides is 1. The lowest BCUT2D eigenvalue weighted by Gasteiger charge is -2.04. The third-order valence-electron chi connectivity index (χ3n) is 2.22. The van der Waals surface area contributed by atoms with Crippen molar-refractivity contribution >= 4 is 11.7 Å². The normalized spacial score (nSPS) is 10.2. The Labute approximate surface area is 98.5 Å². The maximum Gasteiger partial charge on any atom is 0.267 e. The number of amides is 1.